The molecule has 27 heavy (non-hydrogen) atoms. The first-order valence-corrected chi connectivity index (χ1v) is 8.87. The number of nitriles is 3. The fourth-order valence-corrected chi connectivity index (χ4v) is 4.95. The first-order chi connectivity index (χ1) is 13.0. The van der Waals surface area contributed by atoms with E-state index in [1.807, 2.05) is 0 Å². The van der Waals surface area contributed by atoms with Crippen molar-refractivity contribution in [1.82, 2.24) is 0 Å². The fraction of sp³-hybridized carbons (Fsp3) is 0.500. The smallest absolute Gasteiger partial charge is 0.218 e. The van der Waals surface area contributed by atoms with Crippen LogP contribution in [0.15, 0.2) is 24.3 Å². The Kier molecular flexibility index (Phi) is 3.67. The van der Waals surface area contributed by atoms with E-state index in [1.54, 1.807) is 24.3 Å². The number of rotatable bonds is 2. The molecule has 1 saturated carbocycles. The third kappa shape index (κ3) is 1.89. The Hall–Kier alpha value is -3.08. The standard InChI is InChI=1S/C20H18N4O3/c1-25-14-6-4-5-13(9-14)16-19(12-23)17(24)27-20(26-16)8-3-2-7-15(20)18(19,10-21)11-22/h4-6,9,15-16,24H,2-3,7-8H2,1H3/t15-,16-,19-,20-/m1/s1. The summed E-state index contributed by atoms with van der Waals surface area (Å²) in [5.74, 6) is -1.60. The van der Waals surface area contributed by atoms with Gasteiger partial charge in [-0.3, -0.25) is 5.41 Å². The predicted octanol–water partition coefficient (Wildman–Crippen LogP) is 3.20. The lowest BCUT2D eigenvalue weighted by atomic mass is 9.48. The van der Waals surface area contributed by atoms with Crippen molar-refractivity contribution in [3.05, 3.63) is 29.8 Å². The van der Waals surface area contributed by atoms with Crippen molar-refractivity contribution in [2.45, 2.75) is 37.6 Å². The zero-order valence-corrected chi connectivity index (χ0v) is 14.9. The van der Waals surface area contributed by atoms with Gasteiger partial charge in [0.25, 0.3) is 0 Å². The topological polar surface area (TPSA) is 123 Å². The predicted molar refractivity (Wildman–Crippen MR) is 92.0 cm³/mol. The van der Waals surface area contributed by atoms with Crippen LogP contribution in [-0.4, -0.2) is 18.8 Å². The first-order valence-electron chi connectivity index (χ1n) is 8.87. The molecular weight excluding hydrogens is 344 g/mol. The molecule has 4 atom stereocenters. The molecule has 4 aliphatic rings. The van der Waals surface area contributed by atoms with Gasteiger partial charge in [0.15, 0.2) is 10.8 Å². The molecule has 1 aliphatic carbocycles. The van der Waals surface area contributed by atoms with E-state index in [-0.39, 0.29) is 5.90 Å². The summed E-state index contributed by atoms with van der Waals surface area (Å²) in [4.78, 5) is 0. The number of nitrogens with one attached hydrogen (secondary N) is 1. The summed E-state index contributed by atoms with van der Waals surface area (Å²) in [5, 5.41) is 39.0. The number of hydrogen-bond acceptors (Lipinski definition) is 7. The van der Waals surface area contributed by atoms with Crippen molar-refractivity contribution >= 4 is 5.90 Å². The molecule has 7 nitrogen and oxygen atoms in total. The van der Waals surface area contributed by atoms with Crippen LogP contribution in [-0.2, 0) is 9.47 Å². The van der Waals surface area contributed by atoms with Gasteiger partial charge in [-0.2, -0.15) is 15.8 Å². The van der Waals surface area contributed by atoms with Gasteiger partial charge in [0, 0.05) is 6.42 Å². The molecule has 7 heteroatoms. The van der Waals surface area contributed by atoms with E-state index in [0.717, 1.165) is 12.8 Å². The highest BCUT2D eigenvalue weighted by molar-refractivity contribution is 5.89. The van der Waals surface area contributed by atoms with E-state index in [4.69, 9.17) is 19.6 Å². The lowest BCUT2D eigenvalue weighted by Gasteiger charge is -2.63. The molecule has 3 heterocycles. The molecule has 1 aromatic rings. The van der Waals surface area contributed by atoms with E-state index in [2.05, 4.69) is 18.2 Å². The van der Waals surface area contributed by atoms with E-state index in [0.29, 0.717) is 24.2 Å². The van der Waals surface area contributed by atoms with Gasteiger partial charge < -0.3 is 14.2 Å². The minimum Gasteiger partial charge on any atom is -0.497 e. The van der Waals surface area contributed by atoms with Gasteiger partial charge in [0.2, 0.25) is 11.7 Å². The zero-order chi connectivity index (χ0) is 19.3. The van der Waals surface area contributed by atoms with Crippen LogP contribution in [0.2, 0.25) is 0 Å². The minimum atomic E-state index is -1.84. The second-order valence-electron chi connectivity index (χ2n) is 7.27. The molecule has 0 amide bonds. The molecule has 0 radical (unpaired) electrons. The van der Waals surface area contributed by atoms with Crippen molar-refractivity contribution in [3.8, 4) is 24.0 Å². The molecule has 1 N–H and O–H groups in total. The maximum Gasteiger partial charge on any atom is 0.218 e. The Labute approximate surface area is 157 Å². The van der Waals surface area contributed by atoms with Gasteiger partial charge in [-0.25, -0.2) is 0 Å². The highest BCUT2D eigenvalue weighted by atomic mass is 16.7. The fourth-order valence-electron chi connectivity index (χ4n) is 4.95. The monoisotopic (exact) mass is 362 g/mol. The molecule has 136 valence electrons. The molecule has 0 aromatic heterocycles. The van der Waals surface area contributed by atoms with Gasteiger partial charge in [-0.1, -0.05) is 18.6 Å². The second kappa shape index (κ2) is 5.71. The molecule has 0 unspecified atom stereocenters. The molecular formula is C20H18N4O3. The van der Waals surface area contributed by atoms with Gasteiger partial charge in [0.1, 0.15) is 11.9 Å². The summed E-state index contributed by atoms with van der Waals surface area (Å²) < 4.78 is 17.5. The summed E-state index contributed by atoms with van der Waals surface area (Å²) in [6, 6.07) is 13.3. The second-order valence-corrected chi connectivity index (χ2v) is 7.27. The molecule has 1 aromatic carbocycles. The van der Waals surface area contributed by atoms with Crippen LogP contribution < -0.4 is 4.74 Å². The minimum absolute atomic E-state index is 0.356. The van der Waals surface area contributed by atoms with E-state index < -0.39 is 28.6 Å². The number of fused-ring (bicyclic) bond motifs is 2. The third-order valence-corrected chi connectivity index (χ3v) is 6.21. The lowest BCUT2D eigenvalue weighted by Crippen LogP contribution is -2.73. The SMILES string of the molecule is COc1cccc([C@H]2O[C@@]34CCCC[C@@H]3C(C#N)(C#N)[C@@]2(C#N)C(=N)O4)c1. The van der Waals surface area contributed by atoms with Gasteiger partial charge in [0.05, 0.1) is 31.2 Å². The van der Waals surface area contributed by atoms with E-state index in [9.17, 15) is 15.8 Å². The van der Waals surface area contributed by atoms with Gasteiger partial charge >= 0.3 is 0 Å². The molecule has 2 bridgehead atoms. The van der Waals surface area contributed by atoms with Crippen LogP contribution in [0.5, 0.6) is 5.75 Å². The summed E-state index contributed by atoms with van der Waals surface area (Å²) in [6.45, 7) is 0. The Bertz CT molecular complexity index is 926. The van der Waals surface area contributed by atoms with E-state index in [1.165, 1.54) is 7.11 Å². The number of ether oxygens (including phenoxy) is 3. The van der Waals surface area contributed by atoms with Crippen molar-refractivity contribution in [3.63, 3.8) is 0 Å². The number of benzene rings is 1. The molecule has 1 spiro atoms. The number of hydrogen-bond donors (Lipinski definition) is 1. The quantitative estimate of drug-likeness (QED) is 0.861. The van der Waals surface area contributed by atoms with Crippen LogP contribution in [0.3, 0.4) is 0 Å². The van der Waals surface area contributed by atoms with Crippen LogP contribution in [0, 0.1) is 56.2 Å². The highest BCUT2D eigenvalue weighted by Crippen LogP contribution is 2.69. The third-order valence-electron chi connectivity index (χ3n) is 6.21. The summed E-state index contributed by atoms with van der Waals surface area (Å²) in [6.07, 6.45) is 1.69. The van der Waals surface area contributed by atoms with Crippen LogP contribution >= 0.6 is 0 Å². The summed E-state index contributed by atoms with van der Waals surface area (Å²) >= 11 is 0. The number of nitrogens with zero attached hydrogens (tertiary/aromatic N) is 3. The molecule has 4 fully saturated rings. The zero-order valence-electron chi connectivity index (χ0n) is 14.9. The Morgan fingerprint density at radius 1 is 1.19 bits per heavy atom. The van der Waals surface area contributed by atoms with Crippen molar-refractivity contribution in [2.75, 3.05) is 7.11 Å². The largest absolute Gasteiger partial charge is 0.497 e. The van der Waals surface area contributed by atoms with Gasteiger partial charge in [-0.15, -0.1) is 0 Å². The highest BCUT2D eigenvalue weighted by Gasteiger charge is 2.80. The lowest BCUT2D eigenvalue weighted by molar-refractivity contribution is -0.360. The summed E-state index contributed by atoms with van der Waals surface area (Å²) in [7, 11) is 1.53. The number of methoxy groups -OCH3 is 1. The average Bonchev–Trinajstić information content (AvgIpc) is 2.72. The first kappa shape index (κ1) is 17.3. The van der Waals surface area contributed by atoms with Crippen LogP contribution in [0.25, 0.3) is 0 Å². The maximum absolute atomic E-state index is 10.2. The summed E-state index contributed by atoms with van der Waals surface area (Å²) in [5.41, 5.74) is -2.97. The van der Waals surface area contributed by atoms with Gasteiger partial charge in [-0.05, 0) is 30.5 Å². The Balaban J connectivity index is 2.00. The van der Waals surface area contributed by atoms with E-state index >= 15 is 0 Å². The van der Waals surface area contributed by atoms with Crippen LogP contribution in [0.1, 0.15) is 37.4 Å². The maximum atomic E-state index is 10.2. The normalized spacial score (nSPS) is 35.7. The molecule has 3 saturated heterocycles. The van der Waals surface area contributed by atoms with Crippen molar-refractivity contribution < 1.29 is 14.2 Å². The van der Waals surface area contributed by atoms with Crippen molar-refractivity contribution in [2.24, 2.45) is 16.7 Å². The van der Waals surface area contributed by atoms with Crippen molar-refractivity contribution in [1.29, 1.82) is 21.2 Å². The molecule has 5 rings (SSSR count). The van der Waals surface area contributed by atoms with Crippen LogP contribution in [0.4, 0.5) is 0 Å². The molecule has 3 aliphatic heterocycles. The Morgan fingerprint density at radius 3 is 2.63 bits per heavy atom. The average molecular weight is 362 g/mol. The Morgan fingerprint density at radius 2 is 1.96 bits per heavy atom.